The van der Waals surface area contributed by atoms with Crippen molar-refractivity contribution in [2.45, 2.75) is 63.3 Å². The summed E-state index contributed by atoms with van der Waals surface area (Å²) >= 11 is 1.20. The molecule has 0 radical (unpaired) electrons. The van der Waals surface area contributed by atoms with E-state index in [1.54, 1.807) is 0 Å². The van der Waals surface area contributed by atoms with E-state index < -0.39 is 69.4 Å². The van der Waals surface area contributed by atoms with E-state index >= 15 is 0 Å². The fraction of sp³-hybridized carbons (Fsp3) is 0.433. The van der Waals surface area contributed by atoms with Gasteiger partial charge in [0.2, 0.25) is 12.3 Å². The van der Waals surface area contributed by atoms with Gasteiger partial charge in [0.25, 0.3) is 11.4 Å². The third-order valence-corrected chi connectivity index (χ3v) is 10.0. The molecule has 7 atom stereocenters. The number of ether oxygens (including phenoxy) is 2. The van der Waals surface area contributed by atoms with Gasteiger partial charge < -0.3 is 29.7 Å². The lowest BCUT2D eigenvalue weighted by molar-refractivity contribution is -0.385. The molecule has 0 aliphatic carbocycles. The number of aliphatic hydroxyl groups is 2. The number of fused-ring (bicyclic) bond motifs is 1. The second-order valence-electron chi connectivity index (χ2n) is 11.6. The minimum Gasteiger partial charge on any atom is -0.480 e. The number of nitrogens with zero attached hydrogens (tertiary/aromatic N) is 4. The van der Waals surface area contributed by atoms with Crippen molar-refractivity contribution >= 4 is 41.0 Å². The summed E-state index contributed by atoms with van der Waals surface area (Å²) in [5.41, 5.74) is 0.760. The maximum absolute atomic E-state index is 13.5. The predicted molar refractivity (Wildman–Crippen MR) is 163 cm³/mol. The van der Waals surface area contributed by atoms with E-state index in [0.717, 1.165) is 0 Å². The van der Waals surface area contributed by atoms with Crippen LogP contribution < -0.4 is 0 Å². The molecular formula is C30H32N4O12S. The number of non-ortho nitro benzene ring substituents is 2. The van der Waals surface area contributed by atoms with Crippen LogP contribution in [-0.4, -0.2) is 89.2 Å². The molecule has 3 aliphatic heterocycles. The molecule has 5 rings (SSSR count). The number of esters is 1. The Bertz CT molecular complexity index is 1600. The lowest BCUT2D eigenvalue weighted by atomic mass is 9.79. The van der Waals surface area contributed by atoms with Crippen LogP contribution in [0.25, 0.3) is 0 Å². The first kappa shape index (κ1) is 33.9. The van der Waals surface area contributed by atoms with Gasteiger partial charge in [-0.25, -0.2) is 9.69 Å². The largest absolute Gasteiger partial charge is 0.480 e. The average Bonchev–Trinajstić information content (AvgIpc) is 3.56. The van der Waals surface area contributed by atoms with Gasteiger partial charge in [-0.2, -0.15) is 0 Å². The number of carbonyl (C=O) groups excluding carboxylic acids is 2. The molecule has 0 spiro atoms. The number of hydrogen-bond donors (Lipinski definition) is 3. The van der Waals surface area contributed by atoms with Crippen LogP contribution in [0.1, 0.15) is 31.4 Å². The molecule has 0 saturated carbocycles. The first-order valence-corrected chi connectivity index (χ1v) is 15.5. The summed E-state index contributed by atoms with van der Waals surface area (Å²) in [4.78, 5) is 62.6. The zero-order chi connectivity index (χ0) is 34.2. The number of hydrogen-bond acceptors (Lipinski definition) is 13. The molecule has 2 saturated heterocycles. The fourth-order valence-electron chi connectivity index (χ4n) is 6.15. The van der Waals surface area contributed by atoms with Gasteiger partial charge in [0, 0.05) is 46.9 Å². The molecule has 1 unspecified atom stereocenters. The van der Waals surface area contributed by atoms with Crippen molar-refractivity contribution in [2.24, 2.45) is 11.8 Å². The fourth-order valence-corrected chi connectivity index (χ4v) is 7.69. The topological polar surface area (TPSA) is 223 Å². The number of amides is 1. The standard InChI is InChI=1S/C30H32N4O12S/c1-15-24-23(16(2)35)27(36)32(24)25(29(39)45-13-17-3-7-19(8-4-17)33(41)42)26(15)47-21-11-22(28(37)38)31(12-21)30(40)46-14-18-5-9-20(10-6-18)34(43)44/h3-10,15-16,21-24,30,35,40H,11-14H2,1-2H3,(H,37,38)/t15-,16-,21+,22+,23-,24-,30?/m1/s1. The minimum absolute atomic E-state index is 0.00314. The predicted octanol–water partition coefficient (Wildman–Crippen LogP) is 2.37. The number of thioether (sulfide) groups is 1. The quantitative estimate of drug-likeness (QED) is 0.0914. The van der Waals surface area contributed by atoms with E-state index in [4.69, 9.17) is 9.47 Å². The van der Waals surface area contributed by atoms with Crippen LogP contribution in [-0.2, 0) is 37.1 Å². The Morgan fingerprint density at radius 2 is 1.55 bits per heavy atom. The maximum atomic E-state index is 13.5. The Balaban J connectivity index is 1.32. The van der Waals surface area contributed by atoms with Crippen molar-refractivity contribution in [3.8, 4) is 0 Å². The van der Waals surface area contributed by atoms with Crippen LogP contribution in [0.2, 0.25) is 0 Å². The molecule has 3 aliphatic rings. The van der Waals surface area contributed by atoms with Crippen LogP contribution in [0.4, 0.5) is 11.4 Å². The lowest BCUT2D eigenvalue weighted by Crippen LogP contribution is -2.63. The number of nitro benzene ring substituents is 2. The maximum Gasteiger partial charge on any atom is 0.356 e. The molecule has 3 N–H and O–H groups in total. The van der Waals surface area contributed by atoms with Crippen molar-refractivity contribution < 1.29 is 49.0 Å². The number of aliphatic hydroxyl groups excluding tert-OH is 2. The highest BCUT2D eigenvalue weighted by molar-refractivity contribution is 8.03. The third-order valence-electron chi connectivity index (χ3n) is 8.53. The monoisotopic (exact) mass is 672 g/mol. The number of β-lactam (4-membered cyclic amide) rings is 1. The molecule has 47 heavy (non-hydrogen) atoms. The highest BCUT2D eigenvalue weighted by atomic mass is 32.2. The van der Waals surface area contributed by atoms with Crippen LogP contribution in [0, 0.1) is 32.1 Å². The van der Waals surface area contributed by atoms with E-state index in [-0.39, 0.29) is 43.3 Å². The second kappa shape index (κ2) is 13.7. The van der Waals surface area contributed by atoms with Gasteiger partial charge in [-0.3, -0.25) is 29.8 Å². The number of carbonyl (C=O) groups is 3. The summed E-state index contributed by atoms with van der Waals surface area (Å²) in [6.45, 7) is 2.97. The summed E-state index contributed by atoms with van der Waals surface area (Å²) in [7, 11) is 0. The van der Waals surface area contributed by atoms with Gasteiger partial charge in [0.05, 0.1) is 34.5 Å². The van der Waals surface area contributed by atoms with Crippen molar-refractivity contribution in [2.75, 3.05) is 6.54 Å². The lowest BCUT2D eigenvalue weighted by Gasteiger charge is -2.46. The first-order chi connectivity index (χ1) is 22.3. The highest BCUT2D eigenvalue weighted by Gasteiger charge is 2.60. The summed E-state index contributed by atoms with van der Waals surface area (Å²) in [5, 5.41) is 52.4. The Morgan fingerprint density at radius 1 is 1.00 bits per heavy atom. The Kier molecular flexibility index (Phi) is 9.92. The summed E-state index contributed by atoms with van der Waals surface area (Å²) < 4.78 is 11.0. The van der Waals surface area contributed by atoms with E-state index in [1.165, 1.54) is 77.0 Å². The Morgan fingerprint density at radius 3 is 2.06 bits per heavy atom. The van der Waals surface area contributed by atoms with Gasteiger partial charge in [-0.1, -0.05) is 6.92 Å². The number of carboxylic acid groups (broad SMARTS) is 1. The molecule has 250 valence electrons. The zero-order valence-electron chi connectivity index (χ0n) is 25.2. The molecule has 16 nitrogen and oxygen atoms in total. The van der Waals surface area contributed by atoms with Crippen LogP contribution in [0.15, 0.2) is 59.1 Å². The van der Waals surface area contributed by atoms with Crippen molar-refractivity contribution in [1.29, 1.82) is 0 Å². The number of rotatable bonds is 13. The summed E-state index contributed by atoms with van der Waals surface area (Å²) in [5.74, 6) is -3.60. The number of carboxylic acids is 1. The third kappa shape index (κ3) is 6.84. The first-order valence-electron chi connectivity index (χ1n) is 14.6. The van der Waals surface area contributed by atoms with Crippen molar-refractivity contribution in [3.05, 3.63) is 90.5 Å². The van der Waals surface area contributed by atoms with Crippen LogP contribution >= 0.6 is 11.8 Å². The van der Waals surface area contributed by atoms with Gasteiger partial charge in [-0.15, -0.1) is 11.8 Å². The SMILES string of the molecule is C[C@@H](O)[C@H]1C(=O)N2C(C(=O)OCc3ccc([N+](=O)[O-])cc3)=C(S[C@H]3C[C@@H](C(=O)O)N(C(O)OCc4ccc([N+](=O)[O-])cc4)C3)[C@H](C)[C@H]12. The van der Waals surface area contributed by atoms with Gasteiger partial charge >= 0.3 is 11.9 Å². The molecule has 0 aromatic heterocycles. The molecule has 2 aromatic rings. The van der Waals surface area contributed by atoms with E-state index in [2.05, 4.69) is 0 Å². The molecule has 3 heterocycles. The van der Waals surface area contributed by atoms with Gasteiger partial charge in [0.15, 0.2) is 0 Å². The van der Waals surface area contributed by atoms with Crippen LogP contribution in [0.3, 0.4) is 0 Å². The molecule has 2 aromatic carbocycles. The molecule has 17 heteroatoms. The number of benzene rings is 2. The highest BCUT2D eigenvalue weighted by Crippen LogP contribution is 2.52. The van der Waals surface area contributed by atoms with Crippen molar-refractivity contribution in [3.63, 3.8) is 0 Å². The minimum atomic E-state index is -1.63. The average molecular weight is 673 g/mol. The molecule has 2 fully saturated rings. The number of nitro groups is 2. The summed E-state index contributed by atoms with van der Waals surface area (Å²) in [6.07, 6.45) is -2.54. The number of aliphatic carboxylic acids is 1. The van der Waals surface area contributed by atoms with Crippen molar-refractivity contribution in [1.82, 2.24) is 9.80 Å². The van der Waals surface area contributed by atoms with E-state index in [9.17, 15) is 49.9 Å². The van der Waals surface area contributed by atoms with Gasteiger partial charge in [0.1, 0.15) is 18.3 Å². The smallest absolute Gasteiger partial charge is 0.356 e. The molecule has 1 amide bonds. The molecular weight excluding hydrogens is 640 g/mol. The molecule has 0 bridgehead atoms. The summed E-state index contributed by atoms with van der Waals surface area (Å²) in [6, 6.07) is 9.28. The van der Waals surface area contributed by atoms with E-state index in [1.807, 2.05) is 6.92 Å². The van der Waals surface area contributed by atoms with Crippen LogP contribution in [0.5, 0.6) is 0 Å². The zero-order valence-corrected chi connectivity index (χ0v) is 26.0. The normalized spacial score (nSPS) is 25.2. The van der Waals surface area contributed by atoms with E-state index in [0.29, 0.717) is 16.0 Å². The second-order valence-corrected chi connectivity index (χ2v) is 12.9. The Hall–Kier alpha value is -4.42. The number of likely N-dealkylation sites (tertiary alicyclic amines) is 1. The van der Waals surface area contributed by atoms with Gasteiger partial charge in [-0.05, 0) is 48.7 Å². The Labute approximate surface area is 271 Å².